The summed E-state index contributed by atoms with van der Waals surface area (Å²) in [6.45, 7) is 10.9. The highest BCUT2D eigenvalue weighted by Gasteiger charge is 2.50. The highest BCUT2D eigenvalue weighted by Crippen LogP contribution is 2.49. The third kappa shape index (κ3) is 6.69. The lowest BCUT2D eigenvalue weighted by Crippen LogP contribution is -2.60. The van der Waals surface area contributed by atoms with Gasteiger partial charge < -0.3 is 14.4 Å². The van der Waals surface area contributed by atoms with Crippen LogP contribution in [0.2, 0.25) is 5.02 Å². The monoisotopic (exact) mass is 750 g/mol. The highest BCUT2D eigenvalue weighted by atomic mass is 35.5. The van der Waals surface area contributed by atoms with E-state index in [9.17, 15) is 13.2 Å². The molecule has 9 nitrogen and oxygen atoms in total. The van der Waals surface area contributed by atoms with Crippen LogP contribution in [0.4, 0.5) is 5.69 Å². The fraction of sp³-hybridized carbons (Fsp3) is 0.634. The number of allylic oxidation sites excluding steroid dienone is 1. The molecule has 0 unspecified atom stereocenters. The molecule has 0 radical (unpaired) electrons. The lowest BCUT2D eigenvalue weighted by Gasteiger charge is -2.52. The van der Waals surface area contributed by atoms with E-state index >= 15 is 0 Å². The summed E-state index contributed by atoms with van der Waals surface area (Å²) in [6.07, 6.45) is 12.7. The van der Waals surface area contributed by atoms with Crippen molar-refractivity contribution in [1.82, 2.24) is 14.5 Å². The molecule has 1 spiro atoms. The lowest BCUT2D eigenvalue weighted by molar-refractivity contribution is -0.0974. The van der Waals surface area contributed by atoms with E-state index in [1.54, 1.807) is 13.0 Å². The van der Waals surface area contributed by atoms with Gasteiger partial charge in [-0.15, -0.1) is 0 Å². The van der Waals surface area contributed by atoms with E-state index in [1.165, 1.54) is 30.5 Å². The Bertz CT molecular complexity index is 1820. The maximum atomic E-state index is 13.6. The van der Waals surface area contributed by atoms with Crippen molar-refractivity contribution < 1.29 is 22.7 Å². The van der Waals surface area contributed by atoms with Crippen LogP contribution in [0.25, 0.3) is 0 Å². The molecule has 2 aliphatic carbocycles. The molecule has 8 rings (SSSR count). The van der Waals surface area contributed by atoms with Crippen molar-refractivity contribution >= 4 is 33.2 Å². The van der Waals surface area contributed by atoms with Crippen LogP contribution >= 0.6 is 11.6 Å². The van der Waals surface area contributed by atoms with Gasteiger partial charge in [-0.1, -0.05) is 36.7 Å². The summed E-state index contributed by atoms with van der Waals surface area (Å²) in [5.41, 5.74) is 2.98. The molecule has 7 atom stereocenters. The van der Waals surface area contributed by atoms with Crippen molar-refractivity contribution in [3.8, 4) is 5.75 Å². The Morgan fingerprint density at radius 2 is 1.90 bits per heavy atom. The minimum Gasteiger partial charge on any atom is -0.490 e. The summed E-state index contributed by atoms with van der Waals surface area (Å²) in [5.74, 6) is 0.554. The Balaban J connectivity index is 1.19. The standard InChI is InChI=1S/C41H55ClN4O5S/c1-28-7-4-17-41(50-3,26-44-19-20-45-18-6-9-34(45)24-44)36-13-10-32(36)23-46-25-40(16-5-8-30-21-33(42)12-14-35(30)40)27-51-38-15-11-31(22-37(38)46)39(47)43-52(48,49)29(28)2/h4,11-12,14-15,17,21-22,28-29,32,34,36H,5-10,13,16,18-20,23-27H2,1-3H3,(H,43,47)/b17-4+/t28-,29+,32-,34-,36+,40-,41-/m0/s1. The van der Waals surface area contributed by atoms with Gasteiger partial charge in [-0.05, 0) is 124 Å². The molecule has 2 aromatic rings. The predicted octanol–water partition coefficient (Wildman–Crippen LogP) is 6.05. The van der Waals surface area contributed by atoms with Gasteiger partial charge in [-0.3, -0.25) is 14.6 Å². The van der Waals surface area contributed by atoms with E-state index in [0.717, 1.165) is 87.8 Å². The summed E-state index contributed by atoms with van der Waals surface area (Å²) in [7, 11) is -2.07. The molecule has 282 valence electrons. The fourth-order valence-corrected chi connectivity index (χ4v) is 11.8. The molecule has 2 bridgehead atoms. The van der Waals surface area contributed by atoms with Crippen LogP contribution in [0.3, 0.4) is 0 Å². The maximum Gasteiger partial charge on any atom is 0.264 e. The van der Waals surface area contributed by atoms with Gasteiger partial charge in [0.15, 0.2) is 0 Å². The summed E-state index contributed by atoms with van der Waals surface area (Å²) in [5, 5.41) is -0.0122. The van der Waals surface area contributed by atoms with Crippen molar-refractivity contribution in [2.24, 2.45) is 17.8 Å². The number of nitrogens with one attached hydrogen (secondary N) is 1. The van der Waals surface area contributed by atoms with Crippen LogP contribution in [-0.4, -0.2) is 101 Å². The van der Waals surface area contributed by atoms with Crippen LogP contribution in [0.5, 0.6) is 5.75 Å². The van der Waals surface area contributed by atoms with Crippen molar-refractivity contribution in [3.63, 3.8) is 0 Å². The first kappa shape index (κ1) is 36.4. The van der Waals surface area contributed by atoms with Gasteiger partial charge in [0.1, 0.15) is 11.4 Å². The zero-order valence-corrected chi connectivity index (χ0v) is 32.6. The number of hydrogen-bond acceptors (Lipinski definition) is 8. The molecule has 4 heterocycles. The number of hydrogen-bond donors (Lipinski definition) is 1. The Kier molecular flexibility index (Phi) is 9.94. The number of piperazine rings is 1. The average molecular weight is 751 g/mol. The summed E-state index contributed by atoms with van der Waals surface area (Å²) in [4.78, 5) is 21.4. The number of sulfonamides is 1. The molecule has 1 N–H and O–H groups in total. The van der Waals surface area contributed by atoms with E-state index in [4.69, 9.17) is 21.1 Å². The molecule has 52 heavy (non-hydrogen) atoms. The first-order valence-corrected chi connectivity index (χ1v) is 21.5. The second-order valence-corrected chi connectivity index (χ2v) is 19.2. The van der Waals surface area contributed by atoms with Gasteiger partial charge in [0.05, 0.1) is 17.5 Å². The number of aryl methyl sites for hydroxylation is 1. The predicted molar refractivity (Wildman–Crippen MR) is 206 cm³/mol. The normalized spacial score (nSPS) is 35.7. The van der Waals surface area contributed by atoms with Gasteiger partial charge in [-0.2, -0.15) is 0 Å². The van der Waals surface area contributed by atoms with E-state index in [1.807, 2.05) is 32.2 Å². The van der Waals surface area contributed by atoms with Crippen LogP contribution < -0.4 is 14.4 Å². The van der Waals surface area contributed by atoms with Crippen molar-refractivity contribution in [3.05, 3.63) is 70.3 Å². The Hall–Kier alpha value is -2.63. The molecule has 4 aliphatic heterocycles. The van der Waals surface area contributed by atoms with Gasteiger partial charge in [0, 0.05) is 68.4 Å². The maximum absolute atomic E-state index is 13.6. The topological polar surface area (TPSA) is 91.4 Å². The number of nitrogens with zero attached hydrogens (tertiary/aromatic N) is 3. The first-order valence-electron chi connectivity index (χ1n) is 19.6. The molecule has 3 fully saturated rings. The number of benzene rings is 2. The minimum atomic E-state index is -3.94. The first-order chi connectivity index (χ1) is 25.0. The fourth-order valence-electron chi connectivity index (χ4n) is 10.4. The van der Waals surface area contributed by atoms with Gasteiger partial charge >= 0.3 is 0 Å². The molecule has 6 aliphatic rings. The highest BCUT2D eigenvalue weighted by molar-refractivity contribution is 7.90. The van der Waals surface area contributed by atoms with E-state index in [-0.39, 0.29) is 17.3 Å². The molecular formula is C41H55ClN4O5S. The largest absolute Gasteiger partial charge is 0.490 e. The zero-order chi connectivity index (χ0) is 36.3. The van der Waals surface area contributed by atoms with Gasteiger partial charge in [-0.25, -0.2) is 13.1 Å². The van der Waals surface area contributed by atoms with E-state index < -0.39 is 26.8 Å². The molecule has 2 aromatic carbocycles. The number of amides is 1. The number of fused-ring (bicyclic) bond motifs is 5. The third-order valence-corrected chi connectivity index (χ3v) is 15.9. The van der Waals surface area contributed by atoms with Crippen molar-refractivity contribution in [1.29, 1.82) is 0 Å². The van der Waals surface area contributed by atoms with E-state index in [0.29, 0.717) is 30.6 Å². The number of halogens is 1. The Morgan fingerprint density at radius 1 is 1.04 bits per heavy atom. The van der Waals surface area contributed by atoms with Crippen molar-refractivity contribution in [2.75, 3.05) is 64.4 Å². The second-order valence-electron chi connectivity index (χ2n) is 16.8. The number of anilines is 1. The Labute approximate surface area is 315 Å². The zero-order valence-electron chi connectivity index (χ0n) is 31.0. The molecule has 1 amide bonds. The van der Waals surface area contributed by atoms with Crippen LogP contribution in [0, 0.1) is 17.8 Å². The van der Waals surface area contributed by atoms with Crippen LogP contribution in [0.1, 0.15) is 80.3 Å². The van der Waals surface area contributed by atoms with Crippen LogP contribution in [0.15, 0.2) is 48.6 Å². The summed E-state index contributed by atoms with van der Waals surface area (Å²) < 4.78 is 43.1. The smallest absolute Gasteiger partial charge is 0.264 e. The third-order valence-electron chi connectivity index (χ3n) is 13.8. The molecule has 2 saturated heterocycles. The SMILES string of the molecule is CO[C@]1(CN2CCN3CCC[C@H]3C2)/C=C/C[C@H](C)[C@@H](C)S(=O)(=O)NC(=O)c2ccc3c(c2)N(C[C@@H]2CC[C@H]21)C[C@@]1(CCCc2cc(Cl)ccc21)CO3. The molecule has 11 heteroatoms. The number of carbonyl (C=O) groups is 1. The second kappa shape index (κ2) is 14.2. The molecule has 0 aromatic heterocycles. The molecule has 1 saturated carbocycles. The average Bonchev–Trinajstić information content (AvgIpc) is 3.53. The number of ether oxygens (including phenoxy) is 2. The molecular weight excluding hydrogens is 696 g/mol. The number of methoxy groups -OCH3 is 1. The quantitative estimate of drug-likeness (QED) is 0.380. The van der Waals surface area contributed by atoms with E-state index in [2.05, 4.69) is 43.7 Å². The number of carbonyl (C=O) groups excluding carboxylic acids is 1. The minimum absolute atomic E-state index is 0.205. The Morgan fingerprint density at radius 3 is 2.71 bits per heavy atom. The van der Waals surface area contributed by atoms with Crippen LogP contribution in [-0.2, 0) is 26.6 Å². The number of rotatable bonds is 3. The van der Waals surface area contributed by atoms with Gasteiger partial charge in [0.25, 0.3) is 5.91 Å². The summed E-state index contributed by atoms with van der Waals surface area (Å²) >= 11 is 6.51. The lowest BCUT2D eigenvalue weighted by atomic mass is 9.63. The van der Waals surface area contributed by atoms with Gasteiger partial charge in [0.2, 0.25) is 10.0 Å². The van der Waals surface area contributed by atoms with Crippen molar-refractivity contribution in [2.45, 2.75) is 87.5 Å². The summed E-state index contributed by atoms with van der Waals surface area (Å²) in [6, 6.07) is 12.3.